The molecule has 0 atom stereocenters. The number of aryl methyl sites for hydroxylation is 1. The molecule has 1 aromatic heterocycles. The van der Waals surface area contributed by atoms with Crippen LogP contribution in [0.3, 0.4) is 0 Å². The molecule has 3 aromatic rings. The Kier molecular flexibility index (Phi) is 3.76. The Labute approximate surface area is 129 Å². The molecule has 0 unspecified atom stereocenters. The fourth-order valence-electron chi connectivity index (χ4n) is 2.33. The minimum atomic E-state index is 0.692. The van der Waals surface area contributed by atoms with E-state index >= 15 is 0 Å². The van der Waals surface area contributed by atoms with E-state index in [9.17, 15) is 0 Å². The third kappa shape index (κ3) is 2.69. The van der Waals surface area contributed by atoms with E-state index in [2.05, 4.69) is 22.2 Å². The number of para-hydroxylation sites is 1. The molecular weight excluding hydrogens is 282 g/mol. The summed E-state index contributed by atoms with van der Waals surface area (Å²) in [5.74, 6) is 1.56. The van der Waals surface area contributed by atoms with Crippen molar-refractivity contribution in [2.75, 3.05) is 11.9 Å². The van der Waals surface area contributed by atoms with Crippen molar-refractivity contribution in [1.82, 2.24) is 9.97 Å². The topological polar surface area (TPSA) is 37.8 Å². The van der Waals surface area contributed by atoms with Crippen LogP contribution in [-0.4, -0.2) is 16.5 Å². The van der Waals surface area contributed by atoms with Crippen LogP contribution in [-0.2, 0) is 0 Å². The van der Waals surface area contributed by atoms with Gasteiger partial charge in [-0.05, 0) is 43.7 Å². The first-order chi connectivity index (χ1) is 10.2. The van der Waals surface area contributed by atoms with Gasteiger partial charge in [0.05, 0.1) is 5.52 Å². The van der Waals surface area contributed by atoms with Crippen LogP contribution in [0.4, 0.5) is 5.82 Å². The molecule has 1 N–H and O–H groups in total. The van der Waals surface area contributed by atoms with E-state index in [-0.39, 0.29) is 0 Å². The van der Waals surface area contributed by atoms with E-state index in [0.29, 0.717) is 10.8 Å². The molecule has 0 saturated carbocycles. The average Bonchev–Trinajstić information content (AvgIpc) is 2.50. The van der Waals surface area contributed by atoms with Gasteiger partial charge in [0.2, 0.25) is 0 Å². The first-order valence-electron chi connectivity index (χ1n) is 6.96. The van der Waals surface area contributed by atoms with Gasteiger partial charge in [0.25, 0.3) is 0 Å². The molecule has 0 radical (unpaired) electrons. The number of fused-ring (bicyclic) bond motifs is 1. The van der Waals surface area contributed by atoms with Crippen molar-refractivity contribution in [2.45, 2.75) is 13.8 Å². The molecule has 0 spiro atoms. The van der Waals surface area contributed by atoms with Crippen LogP contribution < -0.4 is 5.32 Å². The van der Waals surface area contributed by atoms with Crippen LogP contribution in [0, 0.1) is 6.92 Å². The molecule has 0 bridgehead atoms. The maximum Gasteiger partial charge on any atom is 0.162 e. The Morgan fingerprint density at radius 3 is 2.71 bits per heavy atom. The lowest BCUT2D eigenvalue weighted by Gasteiger charge is -2.11. The van der Waals surface area contributed by atoms with Gasteiger partial charge in [0.15, 0.2) is 5.82 Å². The Balaban J connectivity index is 2.25. The van der Waals surface area contributed by atoms with E-state index in [1.807, 2.05) is 49.4 Å². The van der Waals surface area contributed by atoms with Crippen LogP contribution >= 0.6 is 11.6 Å². The number of benzene rings is 2. The summed E-state index contributed by atoms with van der Waals surface area (Å²) < 4.78 is 0. The predicted molar refractivity (Wildman–Crippen MR) is 88.9 cm³/mol. The number of halogens is 1. The molecule has 0 saturated heterocycles. The molecule has 21 heavy (non-hydrogen) atoms. The number of nitrogens with one attached hydrogen (secondary N) is 1. The third-order valence-electron chi connectivity index (χ3n) is 3.39. The molecule has 0 aliphatic heterocycles. The zero-order chi connectivity index (χ0) is 14.8. The van der Waals surface area contributed by atoms with Crippen molar-refractivity contribution < 1.29 is 0 Å². The largest absolute Gasteiger partial charge is 0.370 e. The minimum Gasteiger partial charge on any atom is -0.370 e. The maximum absolute atomic E-state index is 6.11. The van der Waals surface area contributed by atoms with Gasteiger partial charge < -0.3 is 5.32 Å². The van der Waals surface area contributed by atoms with Gasteiger partial charge >= 0.3 is 0 Å². The second-order valence-electron chi connectivity index (χ2n) is 4.90. The van der Waals surface area contributed by atoms with Gasteiger partial charge in [0, 0.05) is 22.5 Å². The summed E-state index contributed by atoms with van der Waals surface area (Å²) in [6.45, 7) is 4.91. The summed E-state index contributed by atoms with van der Waals surface area (Å²) in [7, 11) is 0. The van der Waals surface area contributed by atoms with E-state index in [1.165, 1.54) is 0 Å². The minimum absolute atomic E-state index is 0.692. The van der Waals surface area contributed by atoms with E-state index < -0.39 is 0 Å². The summed E-state index contributed by atoms with van der Waals surface area (Å²) in [6, 6.07) is 13.8. The molecule has 0 fully saturated rings. The fourth-order valence-corrected chi connectivity index (χ4v) is 2.51. The normalized spacial score (nSPS) is 10.8. The Bertz CT molecular complexity index is 799. The Morgan fingerprint density at radius 1 is 1.10 bits per heavy atom. The molecule has 0 aliphatic carbocycles. The molecule has 106 valence electrons. The van der Waals surface area contributed by atoms with Gasteiger partial charge in [-0.3, -0.25) is 0 Å². The summed E-state index contributed by atoms with van der Waals surface area (Å²) >= 11 is 6.11. The molecule has 2 aromatic carbocycles. The second-order valence-corrected chi connectivity index (χ2v) is 5.34. The van der Waals surface area contributed by atoms with Crippen molar-refractivity contribution in [3.8, 4) is 11.4 Å². The highest BCUT2D eigenvalue weighted by atomic mass is 35.5. The lowest BCUT2D eigenvalue weighted by Crippen LogP contribution is -2.03. The third-order valence-corrected chi connectivity index (χ3v) is 3.62. The summed E-state index contributed by atoms with van der Waals surface area (Å²) in [6.07, 6.45) is 0. The predicted octanol–water partition coefficient (Wildman–Crippen LogP) is 4.69. The van der Waals surface area contributed by atoms with E-state index in [0.717, 1.165) is 34.4 Å². The molecule has 4 heteroatoms. The zero-order valence-corrected chi connectivity index (χ0v) is 12.8. The average molecular weight is 298 g/mol. The molecule has 0 aliphatic rings. The van der Waals surface area contributed by atoms with E-state index in [1.54, 1.807) is 0 Å². The van der Waals surface area contributed by atoms with Gasteiger partial charge in [-0.1, -0.05) is 29.8 Å². The van der Waals surface area contributed by atoms with Crippen molar-refractivity contribution >= 4 is 28.3 Å². The SMILES string of the molecule is CCNc1nc(-c2cc(Cl)ccc2C)nc2ccccc12. The van der Waals surface area contributed by atoms with Crippen molar-refractivity contribution in [2.24, 2.45) is 0 Å². The highest BCUT2D eigenvalue weighted by Gasteiger charge is 2.11. The van der Waals surface area contributed by atoms with Crippen LogP contribution in [0.25, 0.3) is 22.3 Å². The standard InChI is InChI=1S/C17H16ClN3/c1-3-19-16-13-6-4-5-7-15(13)20-17(21-16)14-10-12(18)9-8-11(14)2/h4-10H,3H2,1-2H3,(H,19,20,21). The Hall–Kier alpha value is -2.13. The summed E-state index contributed by atoms with van der Waals surface area (Å²) in [5.41, 5.74) is 3.00. The highest BCUT2D eigenvalue weighted by Crippen LogP contribution is 2.28. The smallest absolute Gasteiger partial charge is 0.162 e. The molecule has 3 rings (SSSR count). The molecule has 3 nitrogen and oxygen atoms in total. The lowest BCUT2D eigenvalue weighted by atomic mass is 10.1. The van der Waals surface area contributed by atoms with Gasteiger partial charge in [-0.15, -0.1) is 0 Å². The summed E-state index contributed by atoms with van der Waals surface area (Å²) in [4.78, 5) is 9.36. The zero-order valence-electron chi connectivity index (χ0n) is 12.0. The summed E-state index contributed by atoms with van der Waals surface area (Å²) in [5, 5.41) is 5.03. The van der Waals surface area contributed by atoms with Crippen molar-refractivity contribution in [3.63, 3.8) is 0 Å². The second kappa shape index (κ2) is 5.70. The monoisotopic (exact) mass is 297 g/mol. The highest BCUT2D eigenvalue weighted by molar-refractivity contribution is 6.30. The Morgan fingerprint density at radius 2 is 1.90 bits per heavy atom. The lowest BCUT2D eigenvalue weighted by molar-refractivity contribution is 1.14. The van der Waals surface area contributed by atoms with Crippen LogP contribution in [0.5, 0.6) is 0 Å². The number of hydrogen-bond donors (Lipinski definition) is 1. The molecule has 1 heterocycles. The molecular formula is C17H16ClN3. The van der Waals surface area contributed by atoms with Crippen molar-refractivity contribution in [1.29, 1.82) is 0 Å². The fraction of sp³-hybridized carbons (Fsp3) is 0.176. The first-order valence-corrected chi connectivity index (χ1v) is 7.34. The number of aromatic nitrogens is 2. The number of anilines is 1. The quantitative estimate of drug-likeness (QED) is 0.762. The number of rotatable bonds is 3. The van der Waals surface area contributed by atoms with E-state index in [4.69, 9.17) is 11.6 Å². The maximum atomic E-state index is 6.11. The van der Waals surface area contributed by atoms with Crippen LogP contribution in [0.1, 0.15) is 12.5 Å². The van der Waals surface area contributed by atoms with Gasteiger partial charge in [-0.25, -0.2) is 9.97 Å². The van der Waals surface area contributed by atoms with Gasteiger partial charge in [0.1, 0.15) is 5.82 Å². The number of hydrogen-bond acceptors (Lipinski definition) is 3. The number of nitrogens with zero attached hydrogens (tertiary/aromatic N) is 2. The first kappa shape index (κ1) is 13.8. The van der Waals surface area contributed by atoms with Gasteiger partial charge in [-0.2, -0.15) is 0 Å². The van der Waals surface area contributed by atoms with Crippen molar-refractivity contribution in [3.05, 3.63) is 53.1 Å². The molecule has 0 amide bonds. The van der Waals surface area contributed by atoms with Crippen LogP contribution in [0.2, 0.25) is 5.02 Å². The van der Waals surface area contributed by atoms with Crippen LogP contribution in [0.15, 0.2) is 42.5 Å².